The van der Waals surface area contributed by atoms with E-state index in [-0.39, 0.29) is 6.04 Å². The van der Waals surface area contributed by atoms with E-state index in [1.807, 2.05) is 0 Å². The lowest BCUT2D eigenvalue weighted by atomic mass is 10.1. The van der Waals surface area contributed by atoms with Crippen molar-refractivity contribution < 1.29 is 13.2 Å². The summed E-state index contributed by atoms with van der Waals surface area (Å²) in [7, 11) is 0. The monoisotopic (exact) mass is 260 g/mol. The van der Waals surface area contributed by atoms with E-state index in [4.69, 9.17) is 5.73 Å². The van der Waals surface area contributed by atoms with Crippen LogP contribution < -0.4 is 11.1 Å². The van der Waals surface area contributed by atoms with E-state index < -0.39 is 11.9 Å². The number of halogens is 3. The molecule has 7 heteroatoms. The molecule has 1 fully saturated rings. The molecule has 0 amide bonds. The minimum atomic E-state index is -4.44. The predicted octanol–water partition coefficient (Wildman–Crippen LogP) is 2.03. The molecule has 100 valence electrons. The Morgan fingerprint density at radius 1 is 1.28 bits per heavy atom. The van der Waals surface area contributed by atoms with Gasteiger partial charge in [0, 0.05) is 12.6 Å². The third kappa shape index (κ3) is 3.32. The van der Waals surface area contributed by atoms with Crippen LogP contribution >= 0.6 is 0 Å². The molecule has 1 aliphatic carbocycles. The fourth-order valence-corrected chi connectivity index (χ4v) is 2.11. The molecule has 0 unspecified atom stereocenters. The maximum absolute atomic E-state index is 12.3. The smallest absolute Gasteiger partial charge is 0.369 e. The van der Waals surface area contributed by atoms with Crippen LogP contribution in [0.4, 0.5) is 19.0 Å². The van der Waals surface area contributed by atoms with Gasteiger partial charge < -0.3 is 11.1 Å². The molecule has 0 aliphatic heterocycles. The average Bonchev–Trinajstić information content (AvgIpc) is 2.72. The zero-order valence-corrected chi connectivity index (χ0v) is 9.74. The van der Waals surface area contributed by atoms with Gasteiger partial charge in [0.25, 0.3) is 0 Å². The van der Waals surface area contributed by atoms with E-state index in [1.54, 1.807) is 0 Å². The molecule has 0 bridgehead atoms. The van der Waals surface area contributed by atoms with Crippen molar-refractivity contribution in [1.82, 2.24) is 9.97 Å². The van der Waals surface area contributed by atoms with Crippen molar-refractivity contribution >= 4 is 5.82 Å². The zero-order valence-electron chi connectivity index (χ0n) is 9.74. The number of alkyl halides is 3. The Labute approximate surface area is 103 Å². The highest BCUT2D eigenvalue weighted by Crippen LogP contribution is 2.27. The molecule has 0 radical (unpaired) electrons. The lowest BCUT2D eigenvalue weighted by Gasteiger charge is -2.11. The number of hydrogen-bond acceptors (Lipinski definition) is 4. The van der Waals surface area contributed by atoms with E-state index in [9.17, 15) is 13.2 Å². The SMILES string of the molecule is N[C@@H]1CC[C@H](CNc2cnc(C(F)(F)F)cn2)C1. The van der Waals surface area contributed by atoms with E-state index >= 15 is 0 Å². The van der Waals surface area contributed by atoms with E-state index in [0.717, 1.165) is 31.7 Å². The van der Waals surface area contributed by atoms with Crippen molar-refractivity contribution in [3.05, 3.63) is 18.1 Å². The quantitative estimate of drug-likeness (QED) is 0.873. The van der Waals surface area contributed by atoms with Gasteiger partial charge in [0.15, 0.2) is 5.69 Å². The molecule has 2 atom stereocenters. The van der Waals surface area contributed by atoms with E-state index in [1.165, 1.54) is 0 Å². The van der Waals surface area contributed by atoms with E-state index in [0.29, 0.717) is 18.3 Å². The molecule has 2 rings (SSSR count). The maximum Gasteiger partial charge on any atom is 0.434 e. The standard InChI is InChI=1S/C11H15F3N4/c12-11(13,14)9-5-18-10(6-16-9)17-4-7-1-2-8(15)3-7/h5-8H,1-4,15H2,(H,17,18)/t7-,8+/m0/s1. The highest BCUT2D eigenvalue weighted by Gasteiger charge is 2.32. The van der Waals surface area contributed by atoms with Crippen LogP contribution in [0.1, 0.15) is 25.0 Å². The van der Waals surface area contributed by atoms with Crippen molar-refractivity contribution in [2.45, 2.75) is 31.5 Å². The topological polar surface area (TPSA) is 63.8 Å². The van der Waals surface area contributed by atoms with Crippen molar-refractivity contribution in [2.24, 2.45) is 11.7 Å². The van der Waals surface area contributed by atoms with Crippen LogP contribution in [0.2, 0.25) is 0 Å². The van der Waals surface area contributed by atoms with Gasteiger partial charge in [0.1, 0.15) is 5.82 Å². The van der Waals surface area contributed by atoms with Crippen molar-refractivity contribution in [2.75, 3.05) is 11.9 Å². The second-order valence-electron chi connectivity index (χ2n) is 4.60. The lowest BCUT2D eigenvalue weighted by molar-refractivity contribution is -0.141. The molecule has 1 aromatic rings. The summed E-state index contributed by atoms with van der Waals surface area (Å²) in [6.45, 7) is 0.674. The second kappa shape index (κ2) is 5.09. The first-order chi connectivity index (χ1) is 8.45. The maximum atomic E-state index is 12.3. The third-order valence-electron chi connectivity index (χ3n) is 3.10. The van der Waals surface area contributed by atoms with Gasteiger partial charge in [-0.05, 0) is 25.2 Å². The van der Waals surface area contributed by atoms with Crippen LogP contribution in [0.25, 0.3) is 0 Å². The Balaban J connectivity index is 1.87. The minimum Gasteiger partial charge on any atom is -0.369 e. The van der Waals surface area contributed by atoms with Crippen LogP contribution in [0.15, 0.2) is 12.4 Å². The van der Waals surface area contributed by atoms with Gasteiger partial charge in [-0.1, -0.05) is 0 Å². The number of aromatic nitrogens is 2. The number of nitrogens with zero attached hydrogens (tertiary/aromatic N) is 2. The van der Waals surface area contributed by atoms with Gasteiger partial charge in [-0.25, -0.2) is 9.97 Å². The summed E-state index contributed by atoms with van der Waals surface area (Å²) in [6, 6.07) is 0.246. The summed E-state index contributed by atoms with van der Waals surface area (Å²) in [6.07, 6.45) is 0.401. The minimum absolute atomic E-state index is 0.246. The molecule has 1 aromatic heterocycles. The van der Waals surface area contributed by atoms with E-state index in [2.05, 4.69) is 15.3 Å². The van der Waals surface area contributed by atoms with Crippen LogP contribution in [0, 0.1) is 5.92 Å². The molecule has 18 heavy (non-hydrogen) atoms. The first kappa shape index (κ1) is 13.1. The Morgan fingerprint density at radius 2 is 2.06 bits per heavy atom. The van der Waals surface area contributed by atoms with Gasteiger partial charge in [0.2, 0.25) is 0 Å². The molecule has 3 N–H and O–H groups in total. The Morgan fingerprint density at radius 3 is 2.56 bits per heavy atom. The molecule has 0 aromatic carbocycles. The number of rotatable bonds is 3. The van der Waals surface area contributed by atoms with Gasteiger partial charge >= 0.3 is 6.18 Å². The van der Waals surface area contributed by atoms with Crippen LogP contribution in [0.5, 0.6) is 0 Å². The van der Waals surface area contributed by atoms with Gasteiger partial charge in [-0.3, -0.25) is 0 Å². The molecule has 1 heterocycles. The summed E-state index contributed by atoms with van der Waals surface area (Å²) >= 11 is 0. The summed E-state index contributed by atoms with van der Waals surface area (Å²) < 4.78 is 36.8. The van der Waals surface area contributed by atoms with Gasteiger partial charge in [-0.15, -0.1) is 0 Å². The fraction of sp³-hybridized carbons (Fsp3) is 0.636. The number of nitrogens with two attached hydrogens (primary N) is 1. The normalized spacial score (nSPS) is 24.2. The molecular formula is C11H15F3N4. The first-order valence-corrected chi connectivity index (χ1v) is 5.84. The predicted molar refractivity (Wildman–Crippen MR) is 60.8 cm³/mol. The molecular weight excluding hydrogens is 245 g/mol. The molecule has 0 spiro atoms. The number of nitrogens with one attached hydrogen (secondary N) is 1. The number of anilines is 1. The Kier molecular flexibility index (Phi) is 3.70. The Bertz CT molecular complexity index is 390. The fourth-order valence-electron chi connectivity index (χ4n) is 2.11. The zero-order chi connectivity index (χ0) is 13.2. The van der Waals surface area contributed by atoms with Crippen molar-refractivity contribution in [3.8, 4) is 0 Å². The number of hydrogen-bond donors (Lipinski definition) is 2. The highest BCUT2D eigenvalue weighted by atomic mass is 19.4. The molecule has 0 saturated heterocycles. The first-order valence-electron chi connectivity index (χ1n) is 5.84. The highest BCUT2D eigenvalue weighted by molar-refractivity contribution is 5.31. The Hall–Kier alpha value is -1.37. The average molecular weight is 260 g/mol. The van der Waals surface area contributed by atoms with Crippen molar-refractivity contribution in [1.29, 1.82) is 0 Å². The summed E-state index contributed by atoms with van der Waals surface area (Å²) in [5, 5.41) is 2.99. The summed E-state index contributed by atoms with van der Waals surface area (Å²) in [5.74, 6) is 0.826. The largest absolute Gasteiger partial charge is 0.434 e. The summed E-state index contributed by atoms with van der Waals surface area (Å²) in [4.78, 5) is 7.04. The molecule has 4 nitrogen and oxygen atoms in total. The lowest BCUT2D eigenvalue weighted by Crippen LogP contribution is -2.18. The van der Waals surface area contributed by atoms with Crippen molar-refractivity contribution in [3.63, 3.8) is 0 Å². The van der Waals surface area contributed by atoms with Crippen LogP contribution in [-0.4, -0.2) is 22.6 Å². The summed E-state index contributed by atoms with van der Waals surface area (Å²) in [5.41, 5.74) is 4.81. The van der Waals surface area contributed by atoms with Crippen LogP contribution in [-0.2, 0) is 6.18 Å². The second-order valence-corrected chi connectivity index (χ2v) is 4.60. The van der Waals surface area contributed by atoms with Crippen LogP contribution in [0.3, 0.4) is 0 Å². The molecule has 1 aliphatic rings. The third-order valence-corrected chi connectivity index (χ3v) is 3.10. The van der Waals surface area contributed by atoms with Gasteiger partial charge in [-0.2, -0.15) is 13.2 Å². The molecule has 1 saturated carbocycles. The van der Waals surface area contributed by atoms with Gasteiger partial charge in [0.05, 0.1) is 12.4 Å².